The average Bonchev–Trinajstić information content (AvgIpc) is 3.13. The van der Waals surface area contributed by atoms with Crippen LogP contribution in [0.4, 0.5) is 10.5 Å². The molecular weight excluding hydrogens is 378 g/mol. The van der Waals surface area contributed by atoms with E-state index in [0.29, 0.717) is 29.9 Å². The number of anilines is 1. The molecule has 2 heterocycles. The Morgan fingerprint density at radius 2 is 2.15 bits per heavy atom. The quantitative estimate of drug-likeness (QED) is 0.569. The standard InChI is InChI=1S/C16H17N5O3S.ClH/c1-16(14(23)20-15(24)21-16)9-3-2-4-10(7-9)18-13(22)11-8-25-12(19-11)5-6-17;/h2-4,7-8H,5-6,17H2,1H3,(H,18,22)(H2,20,21,23,24);1H. The van der Waals surface area contributed by atoms with E-state index < -0.39 is 17.5 Å². The summed E-state index contributed by atoms with van der Waals surface area (Å²) >= 11 is 1.38. The number of halogens is 1. The molecule has 0 aliphatic carbocycles. The zero-order valence-corrected chi connectivity index (χ0v) is 15.5. The molecule has 0 saturated carbocycles. The van der Waals surface area contributed by atoms with E-state index in [-0.39, 0.29) is 18.3 Å². The van der Waals surface area contributed by atoms with E-state index in [0.717, 1.165) is 5.01 Å². The van der Waals surface area contributed by atoms with Crippen LogP contribution >= 0.6 is 23.7 Å². The molecule has 2 aromatic rings. The number of hydrogen-bond acceptors (Lipinski definition) is 6. The molecule has 1 saturated heterocycles. The highest BCUT2D eigenvalue weighted by atomic mass is 35.5. The first-order valence-electron chi connectivity index (χ1n) is 7.62. The number of amides is 4. The van der Waals surface area contributed by atoms with Gasteiger partial charge in [-0.3, -0.25) is 14.9 Å². The normalized spacial score (nSPS) is 18.7. The smallest absolute Gasteiger partial charge is 0.322 e. The van der Waals surface area contributed by atoms with Crippen molar-refractivity contribution >= 4 is 47.3 Å². The van der Waals surface area contributed by atoms with Crippen molar-refractivity contribution in [2.75, 3.05) is 11.9 Å². The number of imide groups is 1. The lowest BCUT2D eigenvalue weighted by atomic mass is 9.92. The maximum absolute atomic E-state index is 12.3. The summed E-state index contributed by atoms with van der Waals surface area (Å²) in [5.41, 5.74) is 5.70. The Morgan fingerprint density at radius 1 is 1.38 bits per heavy atom. The minimum absolute atomic E-state index is 0. The van der Waals surface area contributed by atoms with Crippen molar-refractivity contribution in [2.45, 2.75) is 18.9 Å². The van der Waals surface area contributed by atoms with Crippen molar-refractivity contribution < 1.29 is 14.4 Å². The summed E-state index contributed by atoms with van der Waals surface area (Å²) in [6.07, 6.45) is 0.626. The Hall–Kier alpha value is -2.49. The first-order valence-corrected chi connectivity index (χ1v) is 8.50. The second kappa shape index (κ2) is 7.81. The number of hydrogen-bond donors (Lipinski definition) is 4. The first-order chi connectivity index (χ1) is 11.9. The van der Waals surface area contributed by atoms with Crippen LogP contribution in [0.3, 0.4) is 0 Å². The molecule has 8 nitrogen and oxygen atoms in total. The fraction of sp³-hybridized carbons (Fsp3) is 0.250. The highest BCUT2D eigenvalue weighted by Gasteiger charge is 2.43. The molecule has 10 heteroatoms. The molecular formula is C16H18ClN5O3S. The van der Waals surface area contributed by atoms with Gasteiger partial charge in [-0.25, -0.2) is 9.78 Å². The molecule has 1 aliphatic rings. The molecule has 1 aromatic heterocycles. The maximum atomic E-state index is 12.3. The molecule has 4 amide bonds. The third-order valence-electron chi connectivity index (χ3n) is 3.89. The number of thiazole rings is 1. The Bertz CT molecular complexity index is 856. The Balaban J connectivity index is 0.00000243. The number of aromatic nitrogens is 1. The molecule has 0 spiro atoms. The highest BCUT2D eigenvalue weighted by Crippen LogP contribution is 2.26. The molecule has 5 N–H and O–H groups in total. The monoisotopic (exact) mass is 395 g/mol. The van der Waals surface area contributed by atoms with Crippen molar-refractivity contribution in [3.8, 4) is 0 Å². The number of carbonyl (C=O) groups excluding carboxylic acids is 3. The van der Waals surface area contributed by atoms with Gasteiger partial charge in [0.15, 0.2) is 0 Å². The van der Waals surface area contributed by atoms with Gasteiger partial charge >= 0.3 is 6.03 Å². The lowest BCUT2D eigenvalue weighted by molar-refractivity contribution is -0.123. The van der Waals surface area contributed by atoms with Crippen LogP contribution in [0.1, 0.15) is 28.0 Å². The maximum Gasteiger partial charge on any atom is 0.322 e. The third-order valence-corrected chi connectivity index (χ3v) is 4.79. The van der Waals surface area contributed by atoms with Crippen molar-refractivity contribution in [1.82, 2.24) is 15.6 Å². The molecule has 138 valence electrons. The summed E-state index contributed by atoms with van der Waals surface area (Å²) in [5.74, 6) is -0.784. The predicted octanol–water partition coefficient (Wildman–Crippen LogP) is 1.37. The van der Waals surface area contributed by atoms with E-state index >= 15 is 0 Å². The van der Waals surface area contributed by atoms with Gasteiger partial charge < -0.3 is 16.4 Å². The van der Waals surface area contributed by atoms with Gasteiger partial charge in [0.25, 0.3) is 11.8 Å². The molecule has 3 rings (SSSR count). The number of nitrogens with zero attached hydrogens (tertiary/aromatic N) is 1. The van der Waals surface area contributed by atoms with E-state index in [1.165, 1.54) is 11.3 Å². The Kier molecular flexibility index (Phi) is 5.96. The summed E-state index contributed by atoms with van der Waals surface area (Å²) in [6, 6.07) is 6.22. The van der Waals surface area contributed by atoms with Gasteiger partial charge in [-0.15, -0.1) is 23.7 Å². The van der Waals surface area contributed by atoms with Crippen LogP contribution in [-0.4, -0.2) is 29.4 Å². The van der Waals surface area contributed by atoms with Gasteiger partial charge in [0, 0.05) is 17.5 Å². The van der Waals surface area contributed by atoms with Crippen LogP contribution < -0.4 is 21.7 Å². The SMILES string of the molecule is CC1(c2cccc(NC(=O)c3csc(CCN)n3)c2)NC(=O)NC1=O.Cl. The number of nitrogens with one attached hydrogen (secondary N) is 3. The molecule has 0 radical (unpaired) electrons. The molecule has 26 heavy (non-hydrogen) atoms. The first kappa shape index (κ1) is 19.8. The van der Waals surface area contributed by atoms with Crippen LogP contribution in [-0.2, 0) is 16.8 Å². The van der Waals surface area contributed by atoms with Gasteiger partial charge in [-0.1, -0.05) is 12.1 Å². The average molecular weight is 396 g/mol. The Labute approximate surface area is 160 Å². The summed E-state index contributed by atoms with van der Waals surface area (Å²) in [6.45, 7) is 2.08. The van der Waals surface area contributed by atoms with Crippen LogP contribution in [0.25, 0.3) is 0 Å². The van der Waals surface area contributed by atoms with E-state index in [9.17, 15) is 14.4 Å². The number of rotatable bonds is 5. The predicted molar refractivity (Wildman–Crippen MR) is 101 cm³/mol. The second-order valence-electron chi connectivity index (χ2n) is 5.73. The van der Waals surface area contributed by atoms with Crippen molar-refractivity contribution in [3.05, 3.63) is 45.9 Å². The summed E-state index contributed by atoms with van der Waals surface area (Å²) < 4.78 is 0. The van der Waals surface area contributed by atoms with Gasteiger partial charge in [0.1, 0.15) is 11.2 Å². The zero-order chi connectivity index (χ0) is 18.0. The van der Waals surface area contributed by atoms with Crippen molar-refractivity contribution in [2.24, 2.45) is 5.73 Å². The molecule has 0 bridgehead atoms. The number of carbonyl (C=O) groups is 3. The molecule has 1 aliphatic heterocycles. The van der Waals surface area contributed by atoms with E-state index in [1.807, 2.05) is 0 Å². The van der Waals surface area contributed by atoms with Gasteiger partial charge in [0.05, 0.1) is 5.01 Å². The van der Waals surface area contributed by atoms with Crippen LogP contribution in [0, 0.1) is 0 Å². The fourth-order valence-electron chi connectivity index (χ4n) is 2.50. The number of benzene rings is 1. The molecule has 1 fully saturated rings. The molecule has 1 atom stereocenters. The second-order valence-corrected chi connectivity index (χ2v) is 6.68. The highest BCUT2D eigenvalue weighted by molar-refractivity contribution is 7.09. The number of nitrogens with two attached hydrogens (primary N) is 1. The lowest BCUT2D eigenvalue weighted by Gasteiger charge is -2.21. The van der Waals surface area contributed by atoms with Crippen LogP contribution in [0.2, 0.25) is 0 Å². The third kappa shape index (κ3) is 3.85. The van der Waals surface area contributed by atoms with Crippen molar-refractivity contribution in [3.63, 3.8) is 0 Å². The van der Waals surface area contributed by atoms with Crippen LogP contribution in [0.15, 0.2) is 29.6 Å². The fourth-order valence-corrected chi connectivity index (χ4v) is 3.30. The van der Waals surface area contributed by atoms with E-state index in [2.05, 4.69) is 20.9 Å². The van der Waals surface area contributed by atoms with Crippen LogP contribution in [0.5, 0.6) is 0 Å². The van der Waals surface area contributed by atoms with E-state index in [1.54, 1.807) is 36.6 Å². The summed E-state index contributed by atoms with van der Waals surface area (Å²) in [7, 11) is 0. The number of urea groups is 1. The molecule has 1 unspecified atom stereocenters. The van der Waals surface area contributed by atoms with Gasteiger partial charge in [-0.05, 0) is 31.2 Å². The minimum atomic E-state index is -1.17. The van der Waals surface area contributed by atoms with Crippen molar-refractivity contribution in [1.29, 1.82) is 0 Å². The Morgan fingerprint density at radius 3 is 2.81 bits per heavy atom. The lowest BCUT2D eigenvalue weighted by Crippen LogP contribution is -2.40. The minimum Gasteiger partial charge on any atom is -0.330 e. The summed E-state index contributed by atoms with van der Waals surface area (Å²) in [5, 5.41) is 10.0. The topological polar surface area (TPSA) is 126 Å². The van der Waals surface area contributed by atoms with Gasteiger partial charge in [-0.2, -0.15) is 0 Å². The van der Waals surface area contributed by atoms with E-state index in [4.69, 9.17) is 5.73 Å². The summed E-state index contributed by atoms with van der Waals surface area (Å²) in [4.78, 5) is 40.0. The van der Waals surface area contributed by atoms with Gasteiger partial charge in [0.2, 0.25) is 0 Å². The molecule has 1 aromatic carbocycles. The largest absolute Gasteiger partial charge is 0.330 e. The zero-order valence-electron chi connectivity index (χ0n) is 13.9.